The number of benzene rings is 2. The maximum Gasteiger partial charge on any atom is 0.303 e. The van der Waals surface area contributed by atoms with Gasteiger partial charge in [0.05, 0.1) is 41.0 Å². The first-order chi connectivity index (χ1) is 32.3. The fourth-order valence-corrected chi connectivity index (χ4v) is 9.14. The van der Waals surface area contributed by atoms with Crippen molar-refractivity contribution in [2.45, 2.75) is 126 Å². The van der Waals surface area contributed by atoms with Gasteiger partial charge in [0.25, 0.3) is 11.8 Å². The number of unbranched alkanes of at least 4 members (excludes halogenated alkanes) is 3. The van der Waals surface area contributed by atoms with Gasteiger partial charge < -0.3 is 76.3 Å². The van der Waals surface area contributed by atoms with E-state index >= 15 is 0 Å². The van der Waals surface area contributed by atoms with Crippen LogP contribution in [0.4, 0.5) is 11.4 Å². The molecule has 0 saturated heterocycles. The number of aliphatic hydroxyl groups is 10. The molecule has 22 heteroatoms. The van der Waals surface area contributed by atoms with Crippen LogP contribution in [0.5, 0.6) is 0 Å². The van der Waals surface area contributed by atoms with Crippen molar-refractivity contribution in [2.24, 2.45) is 0 Å². The molecular weight excluding hydrogens is 925 g/mol. The average Bonchev–Trinajstić information content (AvgIpc) is 3.65. The van der Waals surface area contributed by atoms with E-state index in [-0.39, 0.29) is 24.0 Å². The van der Waals surface area contributed by atoms with Gasteiger partial charge in [-0.15, -0.1) is 0 Å². The zero-order chi connectivity index (χ0) is 51.6. The second kappa shape index (κ2) is 24.4. The van der Waals surface area contributed by atoms with E-state index in [0.717, 1.165) is 22.7 Å². The molecule has 21 nitrogen and oxygen atoms in total. The van der Waals surface area contributed by atoms with E-state index < -0.39 is 120 Å². The second-order valence-electron chi connectivity index (χ2n) is 18.5. The maximum atomic E-state index is 13.4. The zero-order valence-electron chi connectivity index (χ0n) is 39.2. The largest absolute Gasteiger partial charge is 0.748 e. The summed E-state index contributed by atoms with van der Waals surface area (Å²) in [5, 5.41) is 113. The normalized spacial score (nSPS) is 19.4. The average molecular weight is 993 g/mol. The summed E-state index contributed by atoms with van der Waals surface area (Å²) in [7, 11) is -4.47. The lowest BCUT2D eigenvalue weighted by Gasteiger charge is -2.27. The highest BCUT2D eigenvalue weighted by Gasteiger charge is 2.45. The van der Waals surface area contributed by atoms with Crippen molar-refractivity contribution in [2.75, 3.05) is 50.0 Å². The van der Waals surface area contributed by atoms with Crippen molar-refractivity contribution in [1.29, 1.82) is 0 Å². The standard InChI is InChI=1S/C47H68N4O17S/c1-46(2)29-21-27(44(64)48-23-33(54)40(60)42(62)35(56)25-52)14-16-31(29)50(18-7-5-6-13-39(58)59)37(46)11-10-12-38-47(3,4)30-22-28(15-17-32(30)51(38)19-8-9-20-69(66,67)68)45(65)49-24-34(55)41(61)43(63)36(57)26-53/h10-12,14-17,21-22,33-36,40-43,52-57,60-63H,5-9,13,18-20,23-26H2,1-4H3,(H3-,48,49,58,59,64,65,66,67,68). The number of nitrogens with one attached hydrogen (secondary N) is 2. The number of anilines is 1. The monoisotopic (exact) mass is 992 g/mol. The van der Waals surface area contributed by atoms with Crippen LogP contribution in [0.3, 0.4) is 0 Å². The van der Waals surface area contributed by atoms with Crippen molar-refractivity contribution in [3.63, 3.8) is 0 Å². The van der Waals surface area contributed by atoms with Crippen LogP contribution in [-0.4, -0.2) is 191 Å². The van der Waals surface area contributed by atoms with Crippen LogP contribution in [0.1, 0.15) is 98.1 Å². The summed E-state index contributed by atoms with van der Waals surface area (Å²) < 4.78 is 36.5. The smallest absolute Gasteiger partial charge is 0.303 e. The van der Waals surface area contributed by atoms with E-state index in [1.54, 1.807) is 36.4 Å². The van der Waals surface area contributed by atoms with Crippen LogP contribution in [-0.2, 0) is 25.7 Å². The first-order valence-electron chi connectivity index (χ1n) is 22.8. The number of carbonyl (C=O) groups is 3. The highest BCUT2D eigenvalue weighted by atomic mass is 32.2. The number of fused-ring (bicyclic) bond motifs is 2. The number of hydrogen-bond donors (Lipinski definition) is 13. The molecule has 69 heavy (non-hydrogen) atoms. The molecule has 2 aromatic carbocycles. The number of carbonyl (C=O) groups excluding carboxylic acids is 2. The van der Waals surface area contributed by atoms with Gasteiger partial charge in [-0.05, 0) is 81.5 Å². The van der Waals surface area contributed by atoms with Gasteiger partial charge in [-0.2, -0.15) is 4.58 Å². The predicted molar refractivity (Wildman–Crippen MR) is 250 cm³/mol. The first-order valence-corrected chi connectivity index (χ1v) is 24.3. The van der Waals surface area contributed by atoms with Crippen LogP contribution in [0.25, 0.3) is 0 Å². The fourth-order valence-electron chi connectivity index (χ4n) is 8.58. The molecule has 2 aromatic rings. The Morgan fingerprint density at radius 3 is 1.75 bits per heavy atom. The molecule has 0 fully saturated rings. The molecule has 384 valence electrons. The Bertz CT molecular complexity index is 2330. The Balaban J connectivity index is 1.68. The summed E-state index contributed by atoms with van der Waals surface area (Å²) in [4.78, 5) is 40.0. The zero-order valence-corrected chi connectivity index (χ0v) is 40.0. The second-order valence-corrected chi connectivity index (χ2v) is 20.0. The molecule has 2 aliphatic heterocycles. The molecular formula is C47H68N4O17S. The topological polar surface area (TPSA) is 361 Å². The van der Waals surface area contributed by atoms with Crippen molar-refractivity contribution in [3.8, 4) is 0 Å². The number of allylic oxidation sites excluding steroid dienone is 4. The Kier molecular flexibility index (Phi) is 20.1. The molecule has 0 aromatic heterocycles. The lowest BCUT2D eigenvalue weighted by atomic mass is 9.80. The van der Waals surface area contributed by atoms with Crippen molar-refractivity contribution in [3.05, 3.63) is 82.6 Å². The summed E-state index contributed by atoms with van der Waals surface area (Å²) in [5.74, 6) is -2.69. The van der Waals surface area contributed by atoms with E-state index in [4.69, 9.17) is 10.2 Å². The van der Waals surface area contributed by atoms with Gasteiger partial charge in [0, 0.05) is 83.9 Å². The van der Waals surface area contributed by atoms with E-state index in [9.17, 15) is 73.3 Å². The summed E-state index contributed by atoms with van der Waals surface area (Å²) in [6.07, 6.45) is -6.53. The molecule has 8 atom stereocenters. The number of aliphatic hydroxyl groups excluding tert-OH is 10. The summed E-state index contributed by atoms with van der Waals surface area (Å²) >= 11 is 0. The number of rotatable bonds is 27. The molecule has 2 amide bonds. The quantitative estimate of drug-likeness (QED) is 0.0278. The van der Waals surface area contributed by atoms with Gasteiger partial charge in [0.2, 0.25) is 5.69 Å². The molecule has 8 unspecified atom stereocenters. The third-order valence-electron chi connectivity index (χ3n) is 12.7. The Labute approximate surface area is 401 Å². The highest BCUT2D eigenvalue weighted by Crippen LogP contribution is 2.48. The van der Waals surface area contributed by atoms with Crippen LogP contribution in [0.15, 0.2) is 60.3 Å². The highest BCUT2D eigenvalue weighted by molar-refractivity contribution is 7.85. The van der Waals surface area contributed by atoms with Gasteiger partial charge in [-0.1, -0.05) is 19.9 Å². The van der Waals surface area contributed by atoms with E-state index in [1.807, 2.05) is 50.8 Å². The number of carboxylic acids is 1. The number of carboxylic acid groups (broad SMARTS) is 1. The maximum absolute atomic E-state index is 13.4. The lowest BCUT2D eigenvalue weighted by molar-refractivity contribution is -0.438. The molecule has 0 aliphatic carbocycles. The Morgan fingerprint density at radius 1 is 0.710 bits per heavy atom. The SMILES string of the molecule is CC1(C)C(/C=C/C=C2/N(CCCCS(=O)(=O)[O-])c3ccc(C(=O)NCC(O)C(O)C(O)C(O)CO)cc3C2(C)C)=[N+](CCCCCC(=O)O)c2ccc(C(=O)NCC(O)C(O)C(O)C(O)CO)cc21. The molecule has 0 radical (unpaired) electrons. The van der Waals surface area contributed by atoms with Crippen molar-refractivity contribution < 1.29 is 88.1 Å². The molecule has 0 spiro atoms. The Morgan fingerprint density at radius 2 is 1.23 bits per heavy atom. The summed E-state index contributed by atoms with van der Waals surface area (Å²) in [6.45, 7) is 5.86. The molecule has 2 aliphatic rings. The molecule has 13 N–H and O–H groups in total. The van der Waals surface area contributed by atoms with Crippen LogP contribution < -0.4 is 15.5 Å². The summed E-state index contributed by atoms with van der Waals surface area (Å²) in [6, 6.07) is 9.99. The lowest BCUT2D eigenvalue weighted by Crippen LogP contribution is -2.49. The third kappa shape index (κ3) is 14.2. The van der Waals surface area contributed by atoms with Gasteiger partial charge in [-0.3, -0.25) is 14.4 Å². The van der Waals surface area contributed by atoms with Crippen molar-refractivity contribution >= 4 is 45.0 Å². The number of nitrogens with zero attached hydrogens (tertiary/aromatic N) is 2. The molecule has 0 bridgehead atoms. The van der Waals surface area contributed by atoms with Gasteiger partial charge in [-0.25, -0.2) is 8.42 Å². The minimum Gasteiger partial charge on any atom is -0.748 e. The van der Waals surface area contributed by atoms with E-state index in [2.05, 4.69) is 15.2 Å². The van der Waals surface area contributed by atoms with E-state index in [0.29, 0.717) is 50.0 Å². The van der Waals surface area contributed by atoms with Crippen molar-refractivity contribution in [1.82, 2.24) is 10.6 Å². The van der Waals surface area contributed by atoms with Crippen LogP contribution >= 0.6 is 0 Å². The first kappa shape index (κ1) is 56.9. The molecule has 4 rings (SSSR count). The van der Waals surface area contributed by atoms with Crippen LogP contribution in [0.2, 0.25) is 0 Å². The number of amides is 2. The summed E-state index contributed by atoms with van der Waals surface area (Å²) in [5.41, 5.74) is 3.44. The predicted octanol–water partition coefficient (Wildman–Crippen LogP) is -1.40. The third-order valence-corrected chi connectivity index (χ3v) is 13.5. The molecule has 0 saturated carbocycles. The van der Waals surface area contributed by atoms with Gasteiger partial charge in [0.1, 0.15) is 43.2 Å². The Hall–Kier alpha value is -4.69. The van der Waals surface area contributed by atoms with Gasteiger partial charge >= 0.3 is 5.97 Å². The van der Waals surface area contributed by atoms with Crippen LogP contribution in [0, 0.1) is 0 Å². The minimum atomic E-state index is -4.47. The van der Waals surface area contributed by atoms with Gasteiger partial charge in [0.15, 0.2) is 5.71 Å². The number of aliphatic carboxylic acids is 1. The minimum absolute atomic E-state index is 0.0149. The number of hydrogen-bond acceptors (Lipinski definition) is 17. The van der Waals surface area contributed by atoms with E-state index in [1.165, 1.54) is 0 Å². The fraction of sp³-hybridized carbons (Fsp3) is 0.574. The molecule has 2 heterocycles.